The first-order valence-electron chi connectivity index (χ1n) is 27.0. The molecule has 0 bridgehead atoms. The normalized spacial score (nSPS) is 16.2. The van der Waals surface area contributed by atoms with Crippen molar-refractivity contribution in [3.8, 4) is 44.7 Å². The fourth-order valence-electron chi connectivity index (χ4n) is 10.6. The van der Waals surface area contributed by atoms with E-state index in [9.17, 15) is 9.59 Å². The summed E-state index contributed by atoms with van der Waals surface area (Å²) in [6, 6.07) is 18.1. The van der Waals surface area contributed by atoms with Gasteiger partial charge in [0.2, 0.25) is 11.8 Å². The lowest BCUT2D eigenvalue weighted by molar-refractivity contribution is 0.0397. The van der Waals surface area contributed by atoms with E-state index >= 15 is 26.3 Å². The highest BCUT2D eigenvalue weighted by Gasteiger charge is 2.41. The Morgan fingerprint density at radius 3 is 1.37 bits per heavy atom. The molecule has 0 saturated carbocycles. The van der Waals surface area contributed by atoms with Crippen LogP contribution in [0.3, 0.4) is 0 Å². The summed E-state index contributed by atoms with van der Waals surface area (Å²) in [5.41, 5.74) is -2.35. The van der Waals surface area contributed by atoms with Gasteiger partial charge in [-0.15, -0.1) is 10.2 Å². The highest BCUT2D eigenvalue weighted by Crippen LogP contribution is 2.43. The smallest absolute Gasteiger partial charge is 0.346 e. The van der Waals surface area contributed by atoms with E-state index < -0.39 is 105 Å². The number of methoxy groups -OCH3 is 2. The van der Waals surface area contributed by atoms with Gasteiger partial charge in [0.25, 0.3) is 10.4 Å². The molecular weight excluding hydrogens is 1180 g/mol. The van der Waals surface area contributed by atoms with Crippen molar-refractivity contribution in [2.75, 3.05) is 40.6 Å². The number of hydrogen-bond donors (Lipinski definition) is 0. The van der Waals surface area contributed by atoms with Crippen molar-refractivity contribution in [3.05, 3.63) is 164 Å². The molecule has 2 unspecified atom stereocenters. The number of ether oxygens (including phenoxy) is 7. The maximum Gasteiger partial charge on any atom is 0.346 e. The number of nitrogens with zero attached hydrogens (tertiary/aromatic N) is 10. The van der Waals surface area contributed by atoms with Crippen molar-refractivity contribution in [2.24, 2.45) is 10.8 Å². The van der Waals surface area contributed by atoms with Gasteiger partial charge >= 0.3 is 11.9 Å². The van der Waals surface area contributed by atoms with Crippen molar-refractivity contribution in [1.29, 1.82) is 0 Å². The first kappa shape index (κ1) is 58.5. The van der Waals surface area contributed by atoms with Gasteiger partial charge in [-0.3, -0.25) is 0 Å². The monoisotopic (exact) mass is 1230 g/mol. The van der Waals surface area contributed by atoms with Gasteiger partial charge in [-0.05, 0) is 60.7 Å². The highest BCUT2D eigenvalue weighted by atomic mass is 32.1. The van der Waals surface area contributed by atoms with Crippen molar-refractivity contribution >= 4 is 56.7 Å². The summed E-state index contributed by atoms with van der Waals surface area (Å²) >= 11 is 2.29. The second kappa shape index (κ2) is 23.4. The van der Waals surface area contributed by atoms with Gasteiger partial charge in [-0.25, -0.2) is 55.9 Å². The summed E-state index contributed by atoms with van der Waals surface area (Å²) in [5, 5.41) is 17.2. The molecule has 0 N–H and O–H groups in total. The topological polar surface area (TPSA) is 212 Å². The summed E-state index contributed by atoms with van der Waals surface area (Å²) in [6.45, 7) is 8.55. The lowest BCUT2D eigenvalue weighted by atomic mass is 9.87. The van der Waals surface area contributed by atoms with Crippen LogP contribution < -0.4 is 18.9 Å². The molecule has 2 aliphatic heterocycles. The zero-order valence-electron chi connectivity index (χ0n) is 47.1. The van der Waals surface area contributed by atoms with E-state index in [4.69, 9.17) is 43.1 Å². The Labute approximate surface area is 498 Å². The third-order valence-corrected chi connectivity index (χ3v) is 16.9. The zero-order valence-corrected chi connectivity index (χ0v) is 48.8. The Morgan fingerprint density at radius 2 is 0.989 bits per heavy atom. The minimum Gasteiger partial charge on any atom is -0.472 e. The number of benzene rings is 4. The number of rotatable bonds is 18. The Bertz CT molecular complexity index is 4070. The molecule has 6 aromatic heterocycles. The summed E-state index contributed by atoms with van der Waals surface area (Å²) in [5.74, 6) is -9.57. The SMILES string of the molecule is COc1nnc(COc2cccc(-c3cc(F)c(Cc4nc5ccc(C(=O)OC(=O)c6ccc7nc(Cc8c(F)cc(-c9cccc(OCc%10nnc(OC)s%10)n9)c(F)c8F)n(C8COCC8(C)C)c7c6)cc5n4C4COCC4(C)C)c(F)c3F)n2)s1. The fraction of sp³-hybridized carbons (Fsp3) is 0.300. The Balaban J connectivity index is 0.808. The van der Waals surface area contributed by atoms with Crippen LogP contribution in [0.5, 0.6) is 22.1 Å². The highest BCUT2D eigenvalue weighted by molar-refractivity contribution is 7.13. The average molecular weight is 1230 g/mol. The second-order valence-corrected chi connectivity index (χ2v) is 24.0. The number of imidazole rings is 2. The number of carbonyl (C=O) groups is 2. The third-order valence-electron chi connectivity index (χ3n) is 15.2. The van der Waals surface area contributed by atoms with Crippen LogP contribution in [-0.4, -0.2) is 102 Å². The molecule has 4 aromatic carbocycles. The molecule has 0 radical (unpaired) electrons. The van der Waals surface area contributed by atoms with Crippen LogP contribution in [0.2, 0.25) is 0 Å². The third kappa shape index (κ3) is 11.4. The molecule has 27 heteroatoms. The first-order valence-corrected chi connectivity index (χ1v) is 28.6. The summed E-state index contributed by atoms with van der Waals surface area (Å²) < 4.78 is 140. The predicted molar refractivity (Wildman–Crippen MR) is 303 cm³/mol. The van der Waals surface area contributed by atoms with Crippen molar-refractivity contribution in [3.63, 3.8) is 0 Å². The van der Waals surface area contributed by atoms with E-state index in [-0.39, 0.29) is 72.4 Å². The molecule has 0 aliphatic carbocycles. The molecule has 0 amide bonds. The van der Waals surface area contributed by atoms with Gasteiger partial charge in [0.15, 0.2) is 33.3 Å². The van der Waals surface area contributed by atoms with Crippen molar-refractivity contribution in [1.82, 2.24) is 49.5 Å². The maximum atomic E-state index is 16.3. The van der Waals surface area contributed by atoms with E-state index in [1.807, 2.05) is 27.7 Å². The largest absolute Gasteiger partial charge is 0.472 e. The van der Waals surface area contributed by atoms with Crippen molar-refractivity contribution in [2.45, 2.75) is 65.8 Å². The minimum atomic E-state index is -1.46. The van der Waals surface area contributed by atoms with Crippen LogP contribution in [0.25, 0.3) is 44.6 Å². The average Bonchev–Trinajstić information content (AvgIpc) is 1.74. The summed E-state index contributed by atoms with van der Waals surface area (Å²) in [7, 11) is 2.89. The number of carbonyl (C=O) groups excluding carboxylic acids is 2. The molecule has 12 rings (SSSR count). The standard InChI is InChI=1S/C60H50F6N10O9S2/c1-59(2)27-81-23-43(59)75-41-17-29(13-15-39(41)67-45(75)21-31-35(61)19-33(53(65)51(31)63)37-9-7-11-47(69-37)83-25-49-71-73-57(79-5)86-49)55(77)85-56(78)30-14-16-40-42(18-30)76(44-24-82-28-60(44,3)4)46(68-40)22-32-36(62)20-34(54(66)52(32)64)38-10-8-12-48(70-38)84-26-50-72-74-58(80-6)87-50/h7-20,43-44H,21-28H2,1-6H3. The molecule has 10 aromatic rings. The number of pyridine rings is 2. The van der Waals surface area contributed by atoms with E-state index in [2.05, 4.69) is 30.4 Å². The lowest BCUT2D eigenvalue weighted by Gasteiger charge is -2.28. The number of hydrogen-bond acceptors (Lipinski definition) is 19. The number of aromatic nitrogens is 10. The van der Waals surface area contributed by atoms with Gasteiger partial charge in [0, 0.05) is 58.1 Å². The van der Waals surface area contributed by atoms with Gasteiger partial charge < -0.3 is 42.3 Å². The molecule has 2 aliphatic rings. The fourth-order valence-corrected chi connectivity index (χ4v) is 11.8. The van der Waals surface area contributed by atoms with E-state index in [0.29, 0.717) is 55.7 Å². The molecule has 2 saturated heterocycles. The van der Waals surface area contributed by atoms with E-state index in [0.717, 1.165) is 34.8 Å². The minimum absolute atomic E-state index is 0.0388. The Hall–Kier alpha value is -8.92. The van der Waals surface area contributed by atoms with Crippen molar-refractivity contribution < 1.29 is 69.1 Å². The van der Waals surface area contributed by atoms with Crippen LogP contribution in [-0.2, 0) is 40.3 Å². The van der Waals surface area contributed by atoms with Crippen LogP contribution in [0.4, 0.5) is 26.3 Å². The van der Waals surface area contributed by atoms with Gasteiger partial charge in [0.05, 0.1) is 97.3 Å². The number of fused-ring (bicyclic) bond motifs is 2. The molecule has 448 valence electrons. The number of esters is 2. The number of halogens is 6. The molecule has 2 fully saturated rings. The van der Waals surface area contributed by atoms with Crippen LogP contribution in [0.1, 0.15) is 93.3 Å². The Morgan fingerprint density at radius 1 is 0.563 bits per heavy atom. The lowest BCUT2D eigenvalue weighted by Crippen LogP contribution is -2.27. The van der Waals surface area contributed by atoms with Gasteiger partial charge in [-0.2, -0.15) is 0 Å². The molecular formula is C60H50F6N10O9S2. The first-order chi connectivity index (χ1) is 41.8. The van der Waals surface area contributed by atoms with Gasteiger partial charge in [-0.1, -0.05) is 72.7 Å². The summed E-state index contributed by atoms with van der Waals surface area (Å²) in [6.07, 6.45) is -1.05. The van der Waals surface area contributed by atoms with Crippen LogP contribution in [0, 0.1) is 45.7 Å². The van der Waals surface area contributed by atoms with Gasteiger partial charge in [0.1, 0.15) is 36.5 Å². The predicted octanol–water partition coefficient (Wildman–Crippen LogP) is 11.6. The molecule has 87 heavy (non-hydrogen) atoms. The Kier molecular flexibility index (Phi) is 15.7. The van der Waals surface area contributed by atoms with E-state index in [1.54, 1.807) is 9.13 Å². The zero-order chi connectivity index (χ0) is 61.1. The quantitative estimate of drug-likeness (QED) is 0.0338. The van der Waals surface area contributed by atoms with E-state index in [1.165, 1.54) is 87.0 Å². The summed E-state index contributed by atoms with van der Waals surface area (Å²) in [4.78, 5) is 46.2. The molecule has 0 spiro atoms. The molecule has 19 nitrogen and oxygen atoms in total. The molecule has 8 heterocycles. The van der Waals surface area contributed by atoms with Crippen LogP contribution >= 0.6 is 22.7 Å². The molecule has 2 atom stereocenters. The van der Waals surface area contributed by atoms with Crippen LogP contribution in [0.15, 0.2) is 84.9 Å². The maximum absolute atomic E-state index is 16.3. The second-order valence-electron chi connectivity index (χ2n) is 21.9.